The molecule has 5 rings (SSSR count). The third-order valence-corrected chi connectivity index (χ3v) is 10.4. The molecule has 0 spiro atoms. The summed E-state index contributed by atoms with van der Waals surface area (Å²) in [6.07, 6.45) is 12.0. The molecule has 0 unspecified atom stereocenters. The number of carbonyl (C=O) groups excluding carboxylic acids is 1. The summed E-state index contributed by atoms with van der Waals surface area (Å²) >= 11 is 0. The third kappa shape index (κ3) is 8.43. The molecular weight excluding hydrogens is 735 g/mol. The van der Waals surface area contributed by atoms with E-state index in [2.05, 4.69) is 42.2 Å². The molecule has 0 saturated heterocycles. The van der Waals surface area contributed by atoms with Gasteiger partial charge in [-0.3, -0.25) is 4.79 Å². The van der Waals surface area contributed by atoms with Gasteiger partial charge in [-0.1, -0.05) is 78.6 Å². The summed E-state index contributed by atoms with van der Waals surface area (Å²) < 4.78 is 5.90. The predicted molar refractivity (Wildman–Crippen MR) is 184 cm³/mol. The number of aromatic nitrogens is 1. The molecule has 3 aromatic carbocycles. The smallest absolute Gasteiger partial charge is 0.217 e. The molecule has 1 radical (unpaired) electrons. The zero-order valence-corrected chi connectivity index (χ0v) is 30.5. The van der Waals surface area contributed by atoms with Crippen LogP contribution in [0.2, 0.25) is 0 Å². The molecule has 1 aromatic heterocycles. The molecular formula is C40H50IrNO3-. The van der Waals surface area contributed by atoms with Crippen LogP contribution in [0.25, 0.3) is 21.5 Å². The van der Waals surface area contributed by atoms with E-state index in [1.54, 1.807) is 0 Å². The quantitative estimate of drug-likeness (QED) is 0.0753. The van der Waals surface area contributed by atoms with Gasteiger partial charge in [0, 0.05) is 60.4 Å². The normalized spacial score (nSPS) is 14.2. The van der Waals surface area contributed by atoms with Gasteiger partial charge in [-0.15, -0.1) is 12.1 Å². The minimum atomic E-state index is -0.337. The van der Waals surface area contributed by atoms with Crippen LogP contribution in [0.4, 0.5) is 0 Å². The average Bonchev–Trinajstić information content (AvgIpc) is 3.59. The van der Waals surface area contributed by atoms with Crippen LogP contribution in [-0.4, -0.2) is 15.9 Å². The summed E-state index contributed by atoms with van der Waals surface area (Å²) in [5, 5.41) is 15.0. The molecule has 243 valence electrons. The molecule has 0 atom stereocenters. The average molecular weight is 785 g/mol. The standard InChI is InChI=1S/C25H22NO.C15H28O2.Ir/c1-17-13-23-19(14-22(17)18-7-5-6-8-18)11-12-20-16-26-25(15-24(20)23)27-21-9-3-2-4-10-21;1-7-14(5,8-2)12(16)11-13(17)15(6,9-3)10-4;/h2-4,9,11-16,18H,5-8H2,1H3;11,16H,7-10H2,1-6H3;/q-1;;/b;12-11-;. The van der Waals surface area contributed by atoms with Crippen molar-refractivity contribution in [3.8, 4) is 11.6 Å². The number of ketones is 1. The first-order chi connectivity index (χ1) is 21.1. The molecule has 1 fully saturated rings. The Hall–Kier alpha value is -3.01. The van der Waals surface area contributed by atoms with Crippen LogP contribution in [0.5, 0.6) is 11.6 Å². The Morgan fingerprint density at radius 1 is 0.933 bits per heavy atom. The predicted octanol–water partition coefficient (Wildman–Crippen LogP) is 11.6. The molecule has 1 aliphatic rings. The number of benzene rings is 3. The van der Waals surface area contributed by atoms with Crippen LogP contribution in [-0.2, 0) is 24.9 Å². The summed E-state index contributed by atoms with van der Waals surface area (Å²) in [5.74, 6) is 2.31. The van der Waals surface area contributed by atoms with Crippen LogP contribution < -0.4 is 4.74 Å². The van der Waals surface area contributed by atoms with Gasteiger partial charge in [-0.05, 0) is 78.7 Å². The van der Waals surface area contributed by atoms with Crippen molar-refractivity contribution in [2.45, 2.75) is 106 Å². The van der Waals surface area contributed by atoms with E-state index in [1.807, 2.05) is 78.1 Å². The zero-order chi connectivity index (χ0) is 31.9. The molecule has 45 heavy (non-hydrogen) atoms. The Morgan fingerprint density at radius 2 is 1.56 bits per heavy atom. The van der Waals surface area contributed by atoms with Crippen LogP contribution >= 0.6 is 0 Å². The van der Waals surface area contributed by atoms with Crippen molar-refractivity contribution in [3.63, 3.8) is 0 Å². The van der Waals surface area contributed by atoms with E-state index in [1.165, 1.54) is 59.0 Å². The monoisotopic (exact) mass is 785 g/mol. The van der Waals surface area contributed by atoms with E-state index in [4.69, 9.17) is 4.74 Å². The maximum absolute atomic E-state index is 12.2. The minimum Gasteiger partial charge on any atom is -0.512 e. The Balaban J connectivity index is 0.000000270. The van der Waals surface area contributed by atoms with Gasteiger partial charge in [-0.25, -0.2) is 4.98 Å². The molecule has 0 bridgehead atoms. The van der Waals surface area contributed by atoms with Crippen molar-refractivity contribution in [2.24, 2.45) is 10.8 Å². The molecule has 0 amide bonds. The van der Waals surface area contributed by atoms with Crippen molar-refractivity contribution in [3.05, 3.63) is 89.8 Å². The summed E-state index contributed by atoms with van der Waals surface area (Å²) in [7, 11) is 0. The number of para-hydroxylation sites is 1. The van der Waals surface area contributed by atoms with E-state index >= 15 is 0 Å². The number of hydrogen-bond donors (Lipinski definition) is 1. The Labute approximate surface area is 284 Å². The largest absolute Gasteiger partial charge is 0.512 e. The summed E-state index contributed by atoms with van der Waals surface area (Å²) in [4.78, 5) is 16.6. The molecule has 1 heterocycles. The number of aryl methyl sites for hydroxylation is 1. The van der Waals surface area contributed by atoms with Crippen LogP contribution in [0.1, 0.15) is 110 Å². The Morgan fingerprint density at radius 3 is 2.16 bits per heavy atom. The van der Waals surface area contributed by atoms with Crippen molar-refractivity contribution in [2.75, 3.05) is 0 Å². The van der Waals surface area contributed by atoms with Crippen molar-refractivity contribution in [1.82, 2.24) is 4.98 Å². The Bertz CT molecular complexity index is 1600. The number of allylic oxidation sites excluding steroid dienone is 2. The summed E-state index contributed by atoms with van der Waals surface area (Å²) in [6, 6.07) is 21.9. The fourth-order valence-electron chi connectivity index (χ4n) is 6.07. The van der Waals surface area contributed by atoms with Gasteiger partial charge in [0.1, 0.15) is 5.76 Å². The number of aliphatic hydroxyl groups is 1. The minimum absolute atomic E-state index is 0. The molecule has 1 saturated carbocycles. The van der Waals surface area contributed by atoms with Crippen molar-refractivity contribution in [1.29, 1.82) is 0 Å². The number of ether oxygens (including phenoxy) is 1. The number of pyridine rings is 1. The molecule has 1 N–H and O–H groups in total. The number of rotatable bonds is 10. The SMILES string of the molecule is CCC(C)(CC)C(=O)/C=C(\O)C(C)(CC)CC.Cc1cc2c(ccc3cnc(Oc4[c-]cccc4)cc32)cc1C1CCCC1.[Ir]. The maximum Gasteiger partial charge on any atom is 0.217 e. The second-order valence-corrected chi connectivity index (χ2v) is 13.0. The number of hydrogen-bond acceptors (Lipinski definition) is 4. The maximum atomic E-state index is 12.2. The zero-order valence-electron chi connectivity index (χ0n) is 28.1. The Kier molecular flexibility index (Phi) is 13.0. The van der Waals surface area contributed by atoms with Gasteiger partial charge in [-0.2, -0.15) is 18.2 Å². The first-order valence-electron chi connectivity index (χ1n) is 16.5. The van der Waals surface area contributed by atoms with Gasteiger partial charge in [0.25, 0.3) is 0 Å². The van der Waals surface area contributed by atoms with Gasteiger partial charge in [0.2, 0.25) is 5.88 Å². The molecule has 0 aliphatic heterocycles. The van der Waals surface area contributed by atoms with Gasteiger partial charge >= 0.3 is 0 Å². The van der Waals surface area contributed by atoms with E-state index < -0.39 is 0 Å². The number of nitrogens with zero attached hydrogens (tertiary/aromatic N) is 1. The molecule has 5 heteroatoms. The molecule has 4 aromatic rings. The second-order valence-electron chi connectivity index (χ2n) is 13.0. The van der Waals surface area contributed by atoms with Crippen LogP contribution in [0, 0.1) is 23.8 Å². The van der Waals surface area contributed by atoms with E-state index in [0.29, 0.717) is 11.6 Å². The molecule has 1 aliphatic carbocycles. The third-order valence-electron chi connectivity index (χ3n) is 10.4. The second kappa shape index (κ2) is 16.0. The van der Waals surface area contributed by atoms with Crippen LogP contribution in [0.15, 0.2) is 72.6 Å². The topological polar surface area (TPSA) is 59.4 Å². The fourth-order valence-corrected chi connectivity index (χ4v) is 6.07. The van der Waals surface area contributed by atoms with E-state index in [0.717, 1.165) is 37.0 Å². The summed E-state index contributed by atoms with van der Waals surface area (Å²) in [6.45, 7) is 14.3. The molecule has 4 nitrogen and oxygen atoms in total. The number of aliphatic hydroxyl groups excluding tert-OH is 1. The van der Waals surface area contributed by atoms with Crippen LogP contribution in [0.3, 0.4) is 0 Å². The first kappa shape index (κ1) is 36.5. The van der Waals surface area contributed by atoms with Gasteiger partial charge < -0.3 is 9.84 Å². The van der Waals surface area contributed by atoms with E-state index in [9.17, 15) is 9.90 Å². The van der Waals surface area contributed by atoms with Gasteiger partial charge in [0.05, 0.1) is 0 Å². The van der Waals surface area contributed by atoms with E-state index in [-0.39, 0.29) is 42.5 Å². The van der Waals surface area contributed by atoms with Gasteiger partial charge in [0.15, 0.2) is 5.78 Å². The van der Waals surface area contributed by atoms with Crippen molar-refractivity contribution < 1.29 is 34.7 Å². The number of fused-ring (bicyclic) bond motifs is 3. The van der Waals surface area contributed by atoms with Crippen molar-refractivity contribution >= 4 is 27.3 Å². The first-order valence-corrected chi connectivity index (χ1v) is 16.5. The number of carbonyl (C=O) groups is 1. The summed E-state index contributed by atoms with van der Waals surface area (Å²) in [5.41, 5.74) is 2.33. The fraction of sp³-hybridized carbons (Fsp3) is 0.450.